The Labute approximate surface area is 139 Å². The van der Waals surface area contributed by atoms with Crippen LogP contribution in [0.4, 0.5) is 0 Å². The van der Waals surface area contributed by atoms with Crippen LogP contribution in [0, 0.1) is 5.92 Å². The van der Waals surface area contributed by atoms with Crippen LogP contribution in [0.5, 0.6) is 0 Å². The average Bonchev–Trinajstić information content (AvgIpc) is 2.63. The first-order chi connectivity index (χ1) is 11.3. The Bertz CT molecular complexity index is 485. The van der Waals surface area contributed by atoms with Gasteiger partial charge in [0.2, 0.25) is 5.91 Å². The Morgan fingerprint density at radius 2 is 1.96 bits per heavy atom. The van der Waals surface area contributed by atoms with E-state index in [-0.39, 0.29) is 11.8 Å². The van der Waals surface area contributed by atoms with Crippen molar-refractivity contribution in [2.24, 2.45) is 5.92 Å². The molecule has 4 nitrogen and oxygen atoms in total. The van der Waals surface area contributed by atoms with Gasteiger partial charge < -0.3 is 10.6 Å². The molecule has 2 aliphatic rings. The first-order valence-electron chi connectivity index (χ1n) is 9.09. The number of hydrogen-bond donors (Lipinski definition) is 2. The van der Waals surface area contributed by atoms with E-state index in [0.29, 0.717) is 6.04 Å². The van der Waals surface area contributed by atoms with Gasteiger partial charge in [-0.3, -0.25) is 9.69 Å². The fraction of sp³-hybridized carbons (Fsp3) is 0.632. The molecule has 2 fully saturated rings. The second-order valence-electron chi connectivity index (χ2n) is 6.84. The Balaban J connectivity index is 1.43. The van der Waals surface area contributed by atoms with Crippen molar-refractivity contribution in [1.29, 1.82) is 0 Å². The van der Waals surface area contributed by atoms with E-state index in [2.05, 4.69) is 39.8 Å². The van der Waals surface area contributed by atoms with Crippen molar-refractivity contribution in [1.82, 2.24) is 15.5 Å². The molecule has 0 radical (unpaired) electrons. The van der Waals surface area contributed by atoms with E-state index in [9.17, 15) is 4.79 Å². The lowest BCUT2D eigenvalue weighted by atomic mass is 9.93. The molecule has 1 amide bonds. The van der Waals surface area contributed by atoms with E-state index in [1.54, 1.807) is 0 Å². The molecule has 0 bridgehead atoms. The molecule has 0 aliphatic carbocycles. The Hall–Kier alpha value is -1.39. The number of nitrogens with zero attached hydrogens (tertiary/aromatic N) is 1. The van der Waals surface area contributed by atoms with Crippen LogP contribution in [-0.2, 0) is 11.2 Å². The lowest BCUT2D eigenvalue weighted by Gasteiger charge is -2.39. The van der Waals surface area contributed by atoms with Crippen molar-refractivity contribution >= 4 is 5.91 Å². The predicted molar refractivity (Wildman–Crippen MR) is 93.3 cm³/mol. The number of amides is 1. The van der Waals surface area contributed by atoms with Gasteiger partial charge in [0.25, 0.3) is 0 Å². The van der Waals surface area contributed by atoms with E-state index in [4.69, 9.17) is 0 Å². The molecule has 0 saturated carbocycles. The summed E-state index contributed by atoms with van der Waals surface area (Å²) in [7, 11) is 0. The number of benzene rings is 1. The molecule has 2 aliphatic heterocycles. The highest BCUT2D eigenvalue weighted by Crippen LogP contribution is 2.22. The van der Waals surface area contributed by atoms with Crippen molar-refractivity contribution in [2.75, 3.05) is 32.7 Å². The van der Waals surface area contributed by atoms with Gasteiger partial charge >= 0.3 is 0 Å². The quantitative estimate of drug-likeness (QED) is 0.871. The molecular weight excluding hydrogens is 286 g/mol. The minimum absolute atomic E-state index is 0.175. The van der Waals surface area contributed by atoms with E-state index < -0.39 is 0 Å². The van der Waals surface area contributed by atoms with Gasteiger partial charge in [-0.2, -0.15) is 0 Å². The maximum absolute atomic E-state index is 12.5. The number of carbonyl (C=O) groups is 1. The standard InChI is InChI=1S/C19H29N3O/c23-19(21-13-8-16-5-2-1-3-6-16)17-7-4-14-22(15-17)18-9-11-20-12-10-18/h1-3,5-6,17-18,20H,4,7-15H2,(H,21,23)/t17-/m0/s1. The van der Waals surface area contributed by atoms with Crippen molar-refractivity contribution < 1.29 is 4.79 Å². The predicted octanol–water partition coefficient (Wildman–Crippen LogP) is 1.81. The monoisotopic (exact) mass is 315 g/mol. The summed E-state index contributed by atoms with van der Waals surface area (Å²) < 4.78 is 0. The molecule has 4 heteroatoms. The van der Waals surface area contributed by atoms with Crippen LogP contribution >= 0.6 is 0 Å². The van der Waals surface area contributed by atoms with Gasteiger partial charge in [-0.05, 0) is 57.3 Å². The molecule has 2 saturated heterocycles. The van der Waals surface area contributed by atoms with Gasteiger partial charge in [0.1, 0.15) is 0 Å². The summed E-state index contributed by atoms with van der Waals surface area (Å²) in [5.41, 5.74) is 1.28. The third kappa shape index (κ3) is 4.79. The minimum atomic E-state index is 0.175. The van der Waals surface area contributed by atoms with Crippen LogP contribution in [-0.4, -0.2) is 49.6 Å². The molecule has 1 atom stereocenters. The van der Waals surface area contributed by atoms with Crippen molar-refractivity contribution in [3.63, 3.8) is 0 Å². The summed E-state index contributed by atoms with van der Waals surface area (Å²) in [6.07, 6.45) is 5.56. The lowest BCUT2D eigenvalue weighted by Crippen LogP contribution is -2.50. The third-order valence-electron chi connectivity index (χ3n) is 5.20. The number of carbonyl (C=O) groups excluding carboxylic acids is 1. The zero-order chi connectivity index (χ0) is 15.9. The van der Waals surface area contributed by atoms with Gasteiger partial charge in [-0.25, -0.2) is 0 Å². The molecule has 1 aromatic rings. The number of likely N-dealkylation sites (tertiary alicyclic amines) is 1. The van der Waals surface area contributed by atoms with Gasteiger partial charge in [-0.1, -0.05) is 30.3 Å². The zero-order valence-electron chi connectivity index (χ0n) is 14.0. The van der Waals surface area contributed by atoms with Crippen molar-refractivity contribution in [3.8, 4) is 0 Å². The van der Waals surface area contributed by atoms with Crippen LogP contribution in [0.1, 0.15) is 31.2 Å². The summed E-state index contributed by atoms with van der Waals surface area (Å²) in [4.78, 5) is 15.0. The largest absolute Gasteiger partial charge is 0.355 e. The normalized spacial score (nSPS) is 23.6. The lowest BCUT2D eigenvalue weighted by molar-refractivity contribution is -0.127. The van der Waals surface area contributed by atoms with E-state index in [1.807, 2.05) is 6.07 Å². The zero-order valence-corrected chi connectivity index (χ0v) is 14.0. The Kier molecular flexibility index (Phi) is 6.06. The molecule has 1 aromatic carbocycles. The van der Waals surface area contributed by atoms with Gasteiger partial charge in [0, 0.05) is 19.1 Å². The average molecular weight is 315 g/mol. The second kappa shape index (κ2) is 8.46. The van der Waals surface area contributed by atoms with Crippen LogP contribution in [0.2, 0.25) is 0 Å². The number of hydrogen-bond acceptors (Lipinski definition) is 3. The molecule has 0 unspecified atom stereocenters. The van der Waals surface area contributed by atoms with Crippen molar-refractivity contribution in [3.05, 3.63) is 35.9 Å². The van der Waals surface area contributed by atoms with E-state index >= 15 is 0 Å². The first kappa shape index (κ1) is 16.5. The van der Waals surface area contributed by atoms with Gasteiger partial charge in [0.05, 0.1) is 5.92 Å². The summed E-state index contributed by atoms with van der Waals surface area (Å²) >= 11 is 0. The number of piperidine rings is 2. The highest BCUT2D eigenvalue weighted by Gasteiger charge is 2.30. The van der Waals surface area contributed by atoms with E-state index in [1.165, 1.54) is 24.9 Å². The van der Waals surface area contributed by atoms with Crippen molar-refractivity contribution in [2.45, 2.75) is 38.1 Å². The highest BCUT2D eigenvalue weighted by molar-refractivity contribution is 5.79. The molecular formula is C19H29N3O. The summed E-state index contributed by atoms with van der Waals surface area (Å²) in [5.74, 6) is 0.425. The molecule has 23 heavy (non-hydrogen) atoms. The molecule has 3 rings (SSSR count). The van der Waals surface area contributed by atoms with Crippen LogP contribution in [0.3, 0.4) is 0 Å². The number of rotatable bonds is 5. The van der Waals surface area contributed by atoms with Gasteiger partial charge in [-0.15, -0.1) is 0 Å². The SMILES string of the molecule is O=C(NCCc1ccccc1)[C@H]1CCCN(C2CCNCC2)C1. The molecule has 126 valence electrons. The van der Waals surface area contributed by atoms with Gasteiger partial charge in [0.15, 0.2) is 0 Å². The molecule has 0 aromatic heterocycles. The topological polar surface area (TPSA) is 44.4 Å². The highest BCUT2D eigenvalue weighted by atomic mass is 16.1. The van der Waals surface area contributed by atoms with Crippen LogP contribution in [0.15, 0.2) is 30.3 Å². The van der Waals surface area contributed by atoms with Crippen LogP contribution in [0.25, 0.3) is 0 Å². The summed E-state index contributed by atoms with van der Waals surface area (Å²) in [6, 6.07) is 11.0. The molecule has 0 spiro atoms. The fourth-order valence-electron chi connectivity index (χ4n) is 3.84. The maximum Gasteiger partial charge on any atom is 0.224 e. The Morgan fingerprint density at radius 1 is 1.17 bits per heavy atom. The maximum atomic E-state index is 12.5. The third-order valence-corrected chi connectivity index (χ3v) is 5.20. The van der Waals surface area contributed by atoms with E-state index in [0.717, 1.165) is 45.4 Å². The first-order valence-corrected chi connectivity index (χ1v) is 9.09. The summed E-state index contributed by atoms with van der Waals surface area (Å²) in [5, 5.41) is 6.57. The Morgan fingerprint density at radius 3 is 2.74 bits per heavy atom. The fourth-order valence-corrected chi connectivity index (χ4v) is 3.84. The smallest absolute Gasteiger partial charge is 0.224 e. The van der Waals surface area contributed by atoms with Crippen LogP contribution < -0.4 is 10.6 Å². The minimum Gasteiger partial charge on any atom is -0.355 e. The summed E-state index contributed by atoms with van der Waals surface area (Å²) in [6.45, 7) is 5.09. The molecule has 2 heterocycles. The second-order valence-corrected chi connectivity index (χ2v) is 6.84. The number of nitrogens with one attached hydrogen (secondary N) is 2. The molecule has 2 N–H and O–H groups in total.